The van der Waals surface area contributed by atoms with Crippen LogP contribution in [0.25, 0.3) is 0 Å². The molecule has 0 bridgehead atoms. The molecule has 1 aliphatic rings. The molecule has 3 rings (SSSR count). The predicted molar refractivity (Wildman–Crippen MR) is 93.7 cm³/mol. The van der Waals surface area contributed by atoms with Crippen LogP contribution in [0.5, 0.6) is 0 Å². The Morgan fingerprint density at radius 3 is 2.71 bits per heavy atom. The second-order valence-corrected chi connectivity index (χ2v) is 6.67. The lowest BCUT2D eigenvalue weighted by molar-refractivity contribution is -0.133. The summed E-state index contributed by atoms with van der Waals surface area (Å²) in [7, 11) is 0. The number of likely N-dealkylation sites (tertiary alicyclic amines) is 1. The number of aromatic nitrogens is 1. The minimum Gasteiger partial charge on any atom is -0.361 e. The van der Waals surface area contributed by atoms with Crippen molar-refractivity contribution in [2.45, 2.75) is 58.4 Å². The predicted octanol–water partition coefficient (Wildman–Crippen LogP) is 4.37. The summed E-state index contributed by atoms with van der Waals surface area (Å²) in [5, 5.41) is 3.98. The number of aryl methyl sites for hydroxylation is 2. The molecular formula is C20H26N2O2. The molecule has 1 fully saturated rings. The van der Waals surface area contributed by atoms with Gasteiger partial charge in [0.1, 0.15) is 5.76 Å². The summed E-state index contributed by atoms with van der Waals surface area (Å²) in [5.74, 6) is 1.07. The number of carbonyl (C=O) groups is 1. The van der Waals surface area contributed by atoms with Gasteiger partial charge in [-0.1, -0.05) is 48.3 Å². The lowest BCUT2D eigenvalue weighted by Gasteiger charge is -2.30. The van der Waals surface area contributed by atoms with E-state index in [9.17, 15) is 4.79 Å². The molecule has 128 valence electrons. The highest BCUT2D eigenvalue weighted by atomic mass is 16.5. The molecule has 0 saturated carbocycles. The standard InChI is InChI=1S/C20H26N2O2/c1-15-18(16(2)24-21-15)12-13-20(23)22-14-8-4-7-11-19(22)17-9-5-3-6-10-17/h3,5-6,9-10,19H,4,7-8,11-14H2,1-2H3/t19-/m0/s1. The normalized spacial score (nSPS) is 18.4. The van der Waals surface area contributed by atoms with Gasteiger partial charge in [-0.05, 0) is 38.7 Å². The molecule has 1 aromatic heterocycles. The van der Waals surface area contributed by atoms with Crippen molar-refractivity contribution in [3.63, 3.8) is 0 Å². The SMILES string of the molecule is Cc1noc(C)c1CCC(=O)N1CCCCC[C@H]1c1ccccc1. The fraction of sp³-hybridized carbons (Fsp3) is 0.500. The number of hydrogen-bond donors (Lipinski definition) is 0. The van der Waals surface area contributed by atoms with E-state index in [-0.39, 0.29) is 11.9 Å². The molecule has 0 radical (unpaired) electrons. The van der Waals surface area contributed by atoms with E-state index in [0.29, 0.717) is 12.8 Å². The highest BCUT2D eigenvalue weighted by molar-refractivity contribution is 5.77. The summed E-state index contributed by atoms with van der Waals surface area (Å²) in [6, 6.07) is 10.7. The Hall–Kier alpha value is -2.10. The third-order valence-corrected chi connectivity index (χ3v) is 5.03. The number of amides is 1. The first kappa shape index (κ1) is 16.7. The van der Waals surface area contributed by atoms with Gasteiger partial charge < -0.3 is 9.42 Å². The molecule has 2 aromatic rings. The Labute approximate surface area is 143 Å². The van der Waals surface area contributed by atoms with Gasteiger partial charge in [0, 0.05) is 18.5 Å². The molecule has 24 heavy (non-hydrogen) atoms. The smallest absolute Gasteiger partial charge is 0.223 e. The van der Waals surface area contributed by atoms with Crippen LogP contribution in [0.15, 0.2) is 34.9 Å². The molecule has 0 aliphatic carbocycles. The van der Waals surface area contributed by atoms with Crippen LogP contribution in [0.3, 0.4) is 0 Å². The van der Waals surface area contributed by atoms with E-state index in [0.717, 1.165) is 36.4 Å². The van der Waals surface area contributed by atoms with E-state index in [1.807, 2.05) is 19.9 Å². The second-order valence-electron chi connectivity index (χ2n) is 6.67. The van der Waals surface area contributed by atoms with Crippen LogP contribution in [0, 0.1) is 13.8 Å². The number of nitrogens with zero attached hydrogens (tertiary/aromatic N) is 2. The van der Waals surface area contributed by atoms with E-state index >= 15 is 0 Å². The van der Waals surface area contributed by atoms with Gasteiger partial charge in [-0.15, -0.1) is 0 Å². The average Bonchev–Trinajstić information content (AvgIpc) is 2.81. The summed E-state index contributed by atoms with van der Waals surface area (Å²) < 4.78 is 5.21. The summed E-state index contributed by atoms with van der Waals surface area (Å²) >= 11 is 0. The Bertz CT molecular complexity index is 659. The van der Waals surface area contributed by atoms with Crippen molar-refractivity contribution >= 4 is 5.91 Å². The van der Waals surface area contributed by atoms with Gasteiger partial charge >= 0.3 is 0 Å². The van der Waals surface area contributed by atoms with Crippen LogP contribution >= 0.6 is 0 Å². The summed E-state index contributed by atoms with van der Waals surface area (Å²) in [5.41, 5.74) is 3.23. The van der Waals surface area contributed by atoms with Gasteiger partial charge in [0.2, 0.25) is 5.91 Å². The minimum absolute atomic E-state index is 0.214. The number of hydrogen-bond acceptors (Lipinski definition) is 3. The largest absolute Gasteiger partial charge is 0.361 e. The summed E-state index contributed by atoms with van der Waals surface area (Å²) in [6.45, 7) is 4.72. The van der Waals surface area contributed by atoms with E-state index in [1.165, 1.54) is 18.4 Å². The monoisotopic (exact) mass is 326 g/mol. The molecule has 2 heterocycles. The van der Waals surface area contributed by atoms with Gasteiger partial charge in [0.15, 0.2) is 0 Å². The molecule has 1 amide bonds. The van der Waals surface area contributed by atoms with E-state index < -0.39 is 0 Å². The van der Waals surface area contributed by atoms with Crippen molar-refractivity contribution in [2.75, 3.05) is 6.54 Å². The molecule has 1 saturated heterocycles. The third kappa shape index (κ3) is 3.69. The molecule has 1 atom stereocenters. The number of carbonyl (C=O) groups excluding carboxylic acids is 1. The van der Waals surface area contributed by atoms with Crippen LogP contribution in [0.4, 0.5) is 0 Å². The van der Waals surface area contributed by atoms with Gasteiger partial charge in [0.25, 0.3) is 0 Å². The maximum Gasteiger partial charge on any atom is 0.223 e. The fourth-order valence-corrected chi connectivity index (χ4v) is 3.66. The quantitative estimate of drug-likeness (QED) is 0.838. The van der Waals surface area contributed by atoms with Gasteiger partial charge in [-0.2, -0.15) is 0 Å². The topological polar surface area (TPSA) is 46.3 Å². The first-order valence-corrected chi connectivity index (χ1v) is 8.93. The van der Waals surface area contributed by atoms with Crippen molar-refractivity contribution in [1.82, 2.24) is 10.1 Å². The molecule has 1 aromatic carbocycles. The maximum absolute atomic E-state index is 12.9. The molecule has 0 spiro atoms. The van der Waals surface area contributed by atoms with Crippen LogP contribution in [-0.4, -0.2) is 22.5 Å². The zero-order valence-electron chi connectivity index (χ0n) is 14.6. The molecule has 4 heteroatoms. The van der Waals surface area contributed by atoms with Crippen molar-refractivity contribution < 1.29 is 9.32 Å². The van der Waals surface area contributed by atoms with E-state index in [1.54, 1.807) is 0 Å². The van der Waals surface area contributed by atoms with E-state index in [4.69, 9.17) is 4.52 Å². The number of rotatable bonds is 4. The Morgan fingerprint density at radius 1 is 1.21 bits per heavy atom. The molecular weight excluding hydrogens is 300 g/mol. The summed E-state index contributed by atoms with van der Waals surface area (Å²) in [6.07, 6.45) is 5.77. The van der Waals surface area contributed by atoms with Crippen molar-refractivity contribution in [1.29, 1.82) is 0 Å². The van der Waals surface area contributed by atoms with Gasteiger partial charge in [0.05, 0.1) is 11.7 Å². The van der Waals surface area contributed by atoms with E-state index in [2.05, 4.69) is 34.3 Å². The van der Waals surface area contributed by atoms with Crippen LogP contribution in [0.1, 0.15) is 60.7 Å². The van der Waals surface area contributed by atoms with Crippen molar-refractivity contribution in [3.05, 3.63) is 52.9 Å². The van der Waals surface area contributed by atoms with Crippen LogP contribution in [0.2, 0.25) is 0 Å². The zero-order valence-corrected chi connectivity index (χ0v) is 14.6. The van der Waals surface area contributed by atoms with Crippen molar-refractivity contribution in [2.24, 2.45) is 0 Å². The molecule has 0 unspecified atom stereocenters. The second kappa shape index (κ2) is 7.65. The fourth-order valence-electron chi connectivity index (χ4n) is 3.66. The highest BCUT2D eigenvalue weighted by Gasteiger charge is 2.26. The Balaban J connectivity index is 1.73. The number of benzene rings is 1. The van der Waals surface area contributed by atoms with Gasteiger partial charge in [-0.25, -0.2) is 0 Å². The Morgan fingerprint density at radius 2 is 2.00 bits per heavy atom. The minimum atomic E-state index is 0.214. The van der Waals surface area contributed by atoms with Gasteiger partial charge in [-0.3, -0.25) is 4.79 Å². The first-order valence-electron chi connectivity index (χ1n) is 8.93. The molecule has 0 N–H and O–H groups in total. The van der Waals surface area contributed by atoms with Crippen LogP contribution in [-0.2, 0) is 11.2 Å². The Kier molecular flexibility index (Phi) is 5.34. The third-order valence-electron chi connectivity index (χ3n) is 5.03. The first-order chi connectivity index (χ1) is 11.7. The average molecular weight is 326 g/mol. The maximum atomic E-state index is 12.9. The summed E-state index contributed by atoms with van der Waals surface area (Å²) in [4.78, 5) is 15.0. The van der Waals surface area contributed by atoms with Crippen molar-refractivity contribution in [3.8, 4) is 0 Å². The lowest BCUT2D eigenvalue weighted by atomic mass is 10.00. The molecule has 1 aliphatic heterocycles. The molecule has 4 nitrogen and oxygen atoms in total. The zero-order chi connectivity index (χ0) is 16.9. The lowest BCUT2D eigenvalue weighted by Crippen LogP contribution is -2.35. The highest BCUT2D eigenvalue weighted by Crippen LogP contribution is 2.30. The van der Waals surface area contributed by atoms with Crippen LogP contribution < -0.4 is 0 Å².